The number of aryl methyl sites for hydroxylation is 1. The lowest BCUT2D eigenvalue weighted by molar-refractivity contribution is 0.0955. The van der Waals surface area contributed by atoms with Crippen LogP contribution in [-0.2, 0) is 6.54 Å². The van der Waals surface area contributed by atoms with Crippen molar-refractivity contribution in [1.82, 2.24) is 25.6 Å². The van der Waals surface area contributed by atoms with Gasteiger partial charge < -0.3 is 0 Å². The van der Waals surface area contributed by atoms with Crippen molar-refractivity contribution in [1.29, 1.82) is 0 Å². The summed E-state index contributed by atoms with van der Waals surface area (Å²) in [6, 6.07) is 19.0. The van der Waals surface area contributed by atoms with Crippen LogP contribution in [0.1, 0.15) is 26.4 Å². The van der Waals surface area contributed by atoms with Crippen molar-refractivity contribution in [3.8, 4) is 11.4 Å². The number of carbonyl (C=O) groups is 1. The molecule has 29 heavy (non-hydrogen) atoms. The lowest BCUT2D eigenvalue weighted by Crippen LogP contribution is -2.17. The van der Waals surface area contributed by atoms with Crippen molar-refractivity contribution in [3.05, 3.63) is 87.6 Å². The van der Waals surface area contributed by atoms with Gasteiger partial charge in [0.2, 0.25) is 5.82 Å². The van der Waals surface area contributed by atoms with Crippen LogP contribution in [0, 0.1) is 6.92 Å². The third-order valence-corrected chi connectivity index (χ3v) is 5.23. The van der Waals surface area contributed by atoms with E-state index in [-0.39, 0.29) is 5.91 Å². The summed E-state index contributed by atoms with van der Waals surface area (Å²) in [6.45, 7) is 2.47. The van der Waals surface area contributed by atoms with E-state index in [2.05, 4.69) is 25.9 Å². The first-order valence-corrected chi connectivity index (χ1v) is 9.87. The van der Waals surface area contributed by atoms with Crippen molar-refractivity contribution in [2.45, 2.75) is 13.5 Å². The molecular formula is C21H18N6OS. The predicted octanol–water partition coefficient (Wildman–Crippen LogP) is 3.52. The fourth-order valence-electron chi connectivity index (χ4n) is 2.67. The van der Waals surface area contributed by atoms with Gasteiger partial charge in [-0.1, -0.05) is 42.5 Å². The third kappa shape index (κ3) is 4.61. The number of tetrazole rings is 1. The number of nitrogens with one attached hydrogen (secondary N) is 1. The number of amides is 1. The Labute approximate surface area is 171 Å². The van der Waals surface area contributed by atoms with Gasteiger partial charge in [0.15, 0.2) is 0 Å². The van der Waals surface area contributed by atoms with Gasteiger partial charge in [-0.2, -0.15) is 9.90 Å². The van der Waals surface area contributed by atoms with Gasteiger partial charge in [0.1, 0.15) is 0 Å². The van der Waals surface area contributed by atoms with Gasteiger partial charge in [0.25, 0.3) is 5.91 Å². The summed E-state index contributed by atoms with van der Waals surface area (Å²) < 4.78 is 0. The lowest BCUT2D eigenvalue weighted by Gasteiger charge is -2.03. The van der Waals surface area contributed by atoms with Crippen LogP contribution < -0.4 is 5.43 Å². The molecule has 1 amide bonds. The minimum absolute atomic E-state index is 0.257. The molecule has 0 bridgehead atoms. The predicted molar refractivity (Wildman–Crippen MR) is 113 cm³/mol. The van der Waals surface area contributed by atoms with E-state index in [4.69, 9.17) is 0 Å². The SMILES string of the molecule is Cc1ccsc1/C=N\NC(=O)c1ccc(Cn2nnc(-c3ccccc3)n2)cc1. The topological polar surface area (TPSA) is 85.1 Å². The Bertz CT molecular complexity index is 1130. The number of thiophene rings is 1. The zero-order valence-corrected chi connectivity index (χ0v) is 16.5. The molecule has 1 N–H and O–H groups in total. The molecule has 0 radical (unpaired) electrons. The third-order valence-electron chi connectivity index (χ3n) is 4.27. The van der Waals surface area contributed by atoms with Gasteiger partial charge >= 0.3 is 0 Å². The fourth-order valence-corrected chi connectivity index (χ4v) is 3.45. The first-order valence-electron chi connectivity index (χ1n) is 8.99. The molecule has 0 atom stereocenters. The standard InChI is InChI=1S/C21H18N6OS/c1-15-11-12-29-19(15)13-22-24-21(28)18-9-7-16(8-10-18)14-27-25-20(23-26-27)17-5-3-2-4-6-17/h2-13H,14H2,1H3,(H,24,28)/b22-13-. The van der Waals surface area contributed by atoms with Crippen LogP contribution in [0.15, 0.2) is 71.1 Å². The van der Waals surface area contributed by atoms with E-state index in [0.717, 1.165) is 21.6 Å². The minimum Gasteiger partial charge on any atom is -0.267 e. The molecule has 0 saturated carbocycles. The summed E-state index contributed by atoms with van der Waals surface area (Å²) in [5, 5.41) is 18.6. The highest BCUT2D eigenvalue weighted by molar-refractivity contribution is 7.11. The van der Waals surface area contributed by atoms with E-state index in [0.29, 0.717) is 17.9 Å². The molecule has 0 fully saturated rings. The maximum Gasteiger partial charge on any atom is 0.271 e. The fraction of sp³-hybridized carbons (Fsp3) is 0.0952. The first kappa shape index (κ1) is 18.7. The van der Waals surface area contributed by atoms with Crippen LogP contribution in [0.3, 0.4) is 0 Å². The van der Waals surface area contributed by atoms with Gasteiger partial charge in [0, 0.05) is 16.0 Å². The molecule has 4 aromatic rings. The van der Waals surface area contributed by atoms with Crippen LogP contribution in [0.2, 0.25) is 0 Å². The molecule has 2 heterocycles. The molecule has 0 saturated heterocycles. The Morgan fingerprint density at radius 1 is 1.14 bits per heavy atom. The van der Waals surface area contributed by atoms with E-state index in [9.17, 15) is 4.79 Å². The van der Waals surface area contributed by atoms with Crippen LogP contribution in [-0.4, -0.2) is 32.3 Å². The Hall–Kier alpha value is -3.65. The van der Waals surface area contributed by atoms with Crippen molar-refractivity contribution in [2.24, 2.45) is 5.10 Å². The van der Waals surface area contributed by atoms with Gasteiger partial charge in [-0.15, -0.1) is 21.5 Å². The van der Waals surface area contributed by atoms with Gasteiger partial charge in [-0.05, 0) is 46.8 Å². The summed E-state index contributed by atoms with van der Waals surface area (Å²) in [5.41, 5.74) is 6.11. The molecule has 4 rings (SSSR count). The first-order chi connectivity index (χ1) is 14.2. The van der Waals surface area contributed by atoms with Gasteiger partial charge in [0.05, 0.1) is 12.8 Å². The Kier molecular flexibility index (Phi) is 5.53. The molecular weight excluding hydrogens is 384 g/mol. The molecule has 0 spiro atoms. The number of carbonyl (C=O) groups excluding carboxylic acids is 1. The summed E-state index contributed by atoms with van der Waals surface area (Å²) >= 11 is 1.58. The largest absolute Gasteiger partial charge is 0.271 e. The normalized spacial score (nSPS) is 11.1. The Morgan fingerprint density at radius 3 is 2.66 bits per heavy atom. The van der Waals surface area contributed by atoms with E-state index in [1.807, 2.05) is 60.8 Å². The number of benzene rings is 2. The molecule has 0 aliphatic rings. The number of hydrogen-bond donors (Lipinski definition) is 1. The van der Waals surface area contributed by atoms with Crippen molar-refractivity contribution in [3.63, 3.8) is 0 Å². The number of nitrogens with zero attached hydrogens (tertiary/aromatic N) is 5. The molecule has 8 heteroatoms. The van der Waals surface area contributed by atoms with E-state index in [1.54, 1.807) is 29.7 Å². The second-order valence-corrected chi connectivity index (χ2v) is 7.32. The van der Waals surface area contributed by atoms with Crippen LogP contribution in [0.5, 0.6) is 0 Å². The van der Waals surface area contributed by atoms with Crippen LogP contribution >= 0.6 is 11.3 Å². The monoisotopic (exact) mass is 402 g/mol. The number of aromatic nitrogens is 4. The van der Waals surface area contributed by atoms with Gasteiger partial charge in [-0.25, -0.2) is 5.43 Å². The Morgan fingerprint density at radius 2 is 1.93 bits per heavy atom. The second kappa shape index (κ2) is 8.57. The van der Waals surface area contributed by atoms with Crippen LogP contribution in [0.25, 0.3) is 11.4 Å². The average molecular weight is 402 g/mol. The maximum absolute atomic E-state index is 12.2. The molecule has 0 aliphatic heterocycles. The minimum atomic E-state index is -0.257. The number of hydrogen-bond acceptors (Lipinski definition) is 6. The summed E-state index contributed by atoms with van der Waals surface area (Å²) in [6.07, 6.45) is 1.66. The van der Waals surface area contributed by atoms with Crippen molar-refractivity contribution < 1.29 is 4.79 Å². The van der Waals surface area contributed by atoms with Gasteiger partial charge in [-0.3, -0.25) is 4.79 Å². The molecule has 0 unspecified atom stereocenters. The second-order valence-electron chi connectivity index (χ2n) is 6.37. The Balaban J connectivity index is 1.37. The summed E-state index contributed by atoms with van der Waals surface area (Å²) in [5.74, 6) is 0.327. The smallest absolute Gasteiger partial charge is 0.267 e. The highest BCUT2D eigenvalue weighted by Gasteiger charge is 2.08. The molecule has 0 aliphatic carbocycles. The number of hydrazone groups is 1. The highest BCUT2D eigenvalue weighted by atomic mass is 32.1. The molecule has 7 nitrogen and oxygen atoms in total. The summed E-state index contributed by atoms with van der Waals surface area (Å²) in [7, 11) is 0. The lowest BCUT2D eigenvalue weighted by atomic mass is 10.1. The zero-order valence-electron chi connectivity index (χ0n) is 15.7. The average Bonchev–Trinajstić information content (AvgIpc) is 3.38. The van der Waals surface area contributed by atoms with E-state index >= 15 is 0 Å². The number of rotatable bonds is 6. The zero-order chi connectivity index (χ0) is 20.1. The highest BCUT2D eigenvalue weighted by Crippen LogP contribution is 2.13. The van der Waals surface area contributed by atoms with Crippen molar-refractivity contribution in [2.75, 3.05) is 0 Å². The molecule has 2 aromatic carbocycles. The van der Waals surface area contributed by atoms with E-state index < -0.39 is 0 Å². The molecule has 2 aromatic heterocycles. The van der Waals surface area contributed by atoms with E-state index in [1.165, 1.54) is 4.80 Å². The summed E-state index contributed by atoms with van der Waals surface area (Å²) in [4.78, 5) is 14.8. The van der Waals surface area contributed by atoms with Crippen LogP contribution in [0.4, 0.5) is 0 Å². The molecule has 144 valence electrons. The maximum atomic E-state index is 12.2. The van der Waals surface area contributed by atoms with Crippen molar-refractivity contribution >= 4 is 23.5 Å². The quantitative estimate of drug-likeness (QED) is 0.395.